The highest BCUT2D eigenvalue weighted by atomic mass is 19.4. The number of rotatable bonds is 5. The molecule has 1 N–H and O–H groups in total. The van der Waals surface area contributed by atoms with Gasteiger partial charge in [-0.1, -0.05) is 18.2 Å². The first-order valence-electron chi connectivity index (χ1n) is 9.82. The van der Waals surface area contributed by atoms with E-state index in [0.717, 1.165) is 19.4 Å². The molecule has 1 heterocycles. The van der Waals surface area contributed by atoms with Crippen LogP contribution >= 0.6 is 0 Å². The molecule has 0 amide bonds. The lowest BCUT2D eigenvalue weighted by Crippen LogP contribution is -2.49. The van der Waals surface area contributed by atoms with Crippen LogP contribution in [0.25, 0.3) is 0 Å². The number of hydrogen-bond donors (Lipinski definition) is 1. The smallest absolute Gasteiger partial charge is 0.466 e. The molecule has 1 saturated carbocycles. The first kappa shape index (κ1) is 21.3. The van der Waals surface area contributed by atoms with Gasteiger partial charge in [-0.05, 0) is 37.8 Å². The fourth-order valence-corrected chi connectivity index (χ4v) is 3.79. The summed E-state index contributed by atoms with van der Waals surface area (Å²) in [5.41, 5.74) is 0.529. The molecule has 3 rings (SSSR count). The molecular weight excluding hydrogens is 387 g/mol. The lowest BCUT2D eigenvalue weighted by molar-refractivity contribution is -0.274. The van der Waals surface area contributed by atoms with Crippen LogP contribution in [0.5, 0.6) is 5.75 Å². The average Bonchev–Trinajstić information content (AvgIpc) is 3.44. The monoisotopic (exact) mass is 413 g/mol. The molecule has 9 heteroatoms. The van der Waals surface area contributed by atoms with E-state index in [0.29, 0.717) is 31.1 Å². The van der Waals surface area contributed by atoms with E-state index in [-0.39, 0.29) is 29.6 Å². The minimum atomic E-state index is -4.72. The van der Waals surface area contributed by atoms with Crippen molar-refractivity contribution >= 4 is 11.9 Å². The van der Waals surface area contributed by atoms with Gasteiger partial charge < -0.3 is 19.7 Å². The van der Waals surface area contributed by atoms with E-state index >= 15 is 0 Å². The Morgan fingerprint density at radius 3 is 2.79 bits per heavy atom. The number of nitrogens with zero attached hydrogens (tertiary/aromatic N) is 2. The third-order valence-corrected chi connectivity index (χ3v) is 5.20. The molecule has 0 aromatic heterocycles. The summed E-state index contributed by atoms with van der Waals surface area (Å²) in [6, 6.07) is 6.19. The van der Waals surface area contributed by atoms with E-state index in [4.69, 9.17) is 4.74 Å². The molecule has 29 heavy (non-hydrogen) atoms. The fraction of sp³-hybridized carbons (Fsp3) is 0.600. The molecule has 1 saturated heterocycles. The van der Waals surface area contributed by atoms with Crippen LogP contribution in [0.2, 0.25) is 0 Å². The van der Waals surface area contributed by atoms with Gasteiger partial charge in [0.15, 0.2) is 5.96 Å². The van der Waals surface area contributed by atoms with Crippen LogP contribution in [0.3, 0.4) is 0 Å². The molecule has 2 fully saturated rings. The van der Waals surface area contributed by atoms with E-state index in [1.165, 1.54) is 12.1 Å². The summed E-state index contributed by atoms with van der Waals surface area (Å²) < 4.78 is 47.3. The number of benzene rings is 1. The van der Waals surface area contributed by atoms with Gasteiger partial charge in [0.2, 0.25) is 0 Å². The maximum atomic E-state index is 12.7. The van der Waals surface area contributed by atoms with Gasteiger partial charge in [-0.25, -0.2) is 0 Å². The topological polar surface area (TPSA) is 63.2 Å². The van der Waals surface area contributed by atoms with Crippen molar-refractivity contribution in [3.63, 3.8) is 0 Å². The predicted molar refractivity (Wildman–Crippen MR) is 102 cm³/mol. The third-order valence-electron chi connectivity index (χ3n) is 5.20. The van der Waals surface area contributed by atoms with Gasteiger partial charge in [0.1, 0.15) is 5.75 Å². The summed E-state index contributed by atoms with van der Waals surface area (Å²) in [6.07, 6.45) is -2.41. The van der Waals surface area contributed by atoms with Gasteiger partial charge >= 0.3 is 12.3 Å². The molecule has 0 bridgehead atoms. The van der Waals surface area contributed by atoms with Crippen molar-refractivity contribution in [3.05, 3.63) is 29.8 Å². The number of hydrogen-bond acceptors (Lipinski definition) is 4. The molecule has 160 valence electrons. The zero-order valence-electron chi connectivity index (χ0n) is 16.5. The van der Waals surface area contributed by atoms with Crippen molar-refractivity contribution in [2.45, 2.75) is 44.5 Å². The van der Waals surface area contributed by atoms with Gasteiger partial charge in [-0.3, -0.25) is 9.79 Å². The van der Waals surface area contributed by atoms with Crippen molar-refractivity contribution < 1.29 is 27.4 Å². The second kappa shape index (κ2) is 8.92. The highest BCUT2D eigenvalue weighted by molar-refractivity contribution is 5.82. The number of aliphatic imine (C=N–C) groups is 1. The Morgan fingerprint density at radius 1 is 1.34 bits per heavy atom. The average molecular weight is 413 g/mol. The molecule has 3 unspecified atom stereocenters. The molecule has 1 aliphatic heterocycles. The summed E-state index contributed by atoms with van der Waals surface area (Å²) in [6.45, 7) is 3.42. The Morgan fingerprint density at radius 2 is 2.10 bits per heavy atom. The van der Waals surface area contributed by atoms with Crippen LogP contribution in [-0.2, 0) is 9.53 Å². The maximum Gasteiger partial charge on any atom is 0.573 e. The Labute approximate surface area is 168 Å². The van der Waals surface area contributed by atoms with E-state index in [2.05, 4.69) is 15.0 Å². The van der Waals surface area contributed by atoms with E-state index in [9.17, 15) is 18.0 Å². The number of nitrogens with one attached hydrogen (secondary N) is 1. The number of likely N-dealkylation sites (tertiary alicyclic amines) is 1. The Bertz CT molecular complexity index is 754. The molecule has 3 atom stereocenters. The summed E-state index contributed by atoms with van der Waals surface area (Å²) >= 11 is 0. The van der Waals surface area contributed by atoms with Crippen LogP contribution in [0.1, 0.15) is 37.7 Å². The number of esters is 1. The van der Waals surface area contributed by atoms with Crippen molar-refractivity contribution in [2.24, 2.45) is 10.9 Å². The standard InChI is InChI=1S/C20H26F3N3O3/c1-3-28-18(27)13-7-6-10-26(12-13)19(24-2)25-16-11-15(16)14-8-4-5-9-17(14)29-20(21,22)23/h4-5,8-9,13,15-16H,3,6-7,10-12H2,1-2H3,(H,24,25). The number of carbonyl (C=O) groups is 1. The van der Waals surface area contributed by atoms with Gasteiger partial charge in [-0.2, -0.15) is 0 Å². The summed E-state index contributed by atoms with van der Waals surface area (Å²) in [5.74, 6) is 0.00892. The number of guanidine groups is 1. The predicted octanol–water partition coefficient (Wildman–Crippen LogP) is 3.29. The van der Waals surface area contributed by atoms with E-state index in [1.54, 1.807) is 26.1 Å². The number of ether oxygens (including phenoxy) is 2. The number of halogens is 3. The Kier molecular flexibility index (Phi) is 6.54. The Hall–Kier alpha value is -2.45. The summed E-state index contributed by atoms with van der Waals surface area (Å²) in [4.78, 5) is 18.4. The molecule has 1 aromatic carbocycles. The molecule has 6 nitrogen and oxygen atoms in total. The molecule has 0 spiro atoms. The number of carbonyl (C=O) groups excluding carboxylic acids is 1. The van der Waals surface area contributed by atoms with Gasteiger partial charge in [-0.15, -0.1) is 13.2 Å². The van der Waals surface area contributed by atoms with Crippen molar-refractivity contribution in [2.75, 3.05) is 26.7 Å². The second-order valence-corrected chi connectivity index (χ2v) is 7.26. The lowest BCUT2D eigenvalue weighted by atomic mass is 9.98. The van der Waals surface area contributed by atoms with Gasteiger partial charge in [0.25, 0.3) is 0 Å². The molecular formula is C20H26F3N3O3. The van der Waals surface area contributed by atoms with Crippen molar-refractivity contribution in [1.82, 2.24) is 10.2 Å². The zero-order chi connectivity index (χ0) is 21.0. The lowest BCUT2D eigenvalue weighted by Gasteiger charge is -2.34. The van der Waals surface area contributed by atoms with Crippen LogP contribution in [0.15, 0.2) is 29.3 Å². The van der Waals surface area contributed by atoms with Crippen LogP contribution in [-0.4, -0.2) is 56.0 Å². The first-order valence-corrected chi connectivity index (χ1v) is 9.82. The van der Waals surface area contributed by atoms with Crippen LogP contribution < -0.4 is 10.1 Å². The first-order chi connectivity index (χ1) is 13.8. The number of alkyl halides is 3. The third kappa shape index (κ3) is 5.55. The van der Waals surface area contributed by atoms with Crippen molar-refractivity contribution in [1.29, 1.82) is 0 Å². The SMILES string of the molecule is CCOC(=O)C1CCCN(C(=NC)NC2CC2c2ccccc2OC(F)(F)F)C1. The van der Waals surface area contributed by atoms with E-state index < -0.39 is 6.36 Å². The molecule has 1 aliphatic carbocycles. The van der Waals surface area contributed by atoms with Crippen molar-refractivity contribution in [3.8, 4) is 5.75 Å². The van der Waals surface area contributed by atoms with Gasteiger partial charge in [0.05, 0.1) is 12.5 Å². The second-order valence-electron chi connectivity index (χ2n) is 7.26. The largest absolute Gasteiger partial charge is 0.573 e. The minimum absolute atomic E-state index is 0.0327. The molecule has 2 aliphatic rings. The number of para-hydroxylation sites is 1. The van der Waals surface area contributed by atoms with Crippen LogP contribution in [0.4, 0.5) is 13.2 Å². The number of piperidine rings is 1. The zero-order valence-corrected chi connectivity index (χ0v) is 16.5. The Balaban J connectivity index is 1.62. The normalized spacial score (nSPS) is 24.8. The fourth-order valence-electron chi connectivity index (χ4n) is 3.79. The minimum Gasteiger partial charge on any atom is -0.466 e. The maximum absolute atomic E-state index is 12.7. The highest BCUT2D eigenvalue weighted by Gasteiger charge is 2.43. The van der Waals surface area contributed by atoms with Crippen LogP contribution in [0, 0.1) is 5.92 Å². The van der Waals surface area contributed by atoms with Gasteiger partial charge in [0, 0.05) is 32.1 Å². The molecule has 1 aromatic rings. The summed E-state index contributed by atoms with van der Waals surface area (Å²) in [7, 11) is 1.66. The summed E-state index contributed by atoms with van der Waals surface area (Å²) in [5, 5.41) is 3.33. The molecule has 0 radical (unpaired) electrons. The highest BCUT2D eigenvalue weighted by Crippen LogP contribution is 2.45. The van der Waals surface area contributed by atoms with E-state index in [1.807, 2.05) is 4.90 Å². The quantitative estimate of drug-likeness (QED) is 0.456.